The van der Waals surface area contributed by atoms with Crippen LogP contribution in [0.15, 0.2) is 24.4 Å². The monoisotopic (exact) mass is 341 g/mol. The molecule has 3 heterocycles. The number of halogens is 3. The molecule has 24 heavy (non-hydrogen) atoms. The van der Waals surface area contributed by atoms with Gasteiger partial charge in [0.25, 0.3) is 0 Å². The van der Waals surface area contributed by atoms with Gasteiger partial charge < -0.3 is 10.0 Å². The van der Waals surface area contributed by atoms with Gasteiger partial charge in [-0.2, -0.15) is 18.3 Å². The van der Waals surface area contributed by atoms with Crippen LogP contribution in [0.3, 0.4) is 0 Å². The van der Waals surface area contributed by atoms with Crippen LogP contribution < -0.4 is 4.90 Å². The summed E-state index contributed by atoms with van der Waals surface area (Å²) >= 11 is 0. The zero-order chi connectivity index (χ0) is 17.5. The first-order chi connectivity index (χ1) is 11.3. The summed E-state index contributed by atoms with van der Waals surface area (Å²) in [6, 6.07) is 4.87. The summed E-state index contributed by atoms with van der Waals surface area (Å²) in [5, 5.41) is 21.0. The van der Waals surface area contributed by atoms with E-state index >= 15 is 0 Å². The highest BCUT2D eigenvalue weighted by atomic mass is 19.4. The molecular formula is C14H14F3N5O2. The average Bonchev–Trinajstić information content (AvgIpc) is 3.13. The lowest BCUT2D eigenvalue weighted by Gasteiger charge is -2.18. The molecule has 1 fully saturated rings. The minimum Gasteiger partial charge on any atom is -0.481 e. The van der Waals surface area contributed by atoms with Gasteiger partial charge in [0.2, 0.25) is 0 Å². The van der Waals surface area contributed by atoms with Crippen LogP contribution in [0.4, 0.5) is 19.0 Å². The van der Waals surface area contributed by atoms with Crippen molar-refractivity contribution in [2.75, 3.05) is 18.0 Å². The molecule has 10 heteroatoms. The van der Waals surface area contributed by atoms with Gasteiger partial charge in [-0.3, -0.25) is 4.79 Å². The first kappa shape index (κ1) is 16.2. The molecule has 0 amide bonds. The van der Waals surface area contributed by atoms with Gasteiger partial charge in [0.05, 0.1) is 17.5 Å². The van der Waals surface area contributed by atoms with Gasteiger partial charge in [0.15, 0.2) is 11.6 Å². The normalized spacial score (nSPS) is 21.2. The van der Waals surface area contributed by atoms with Gasteiger partial charge in [-0.05, 0) is 25.1 Å². The molecule has 1 aliphatic rings. The molecule has 2 atom stereocenters. The number of aryl methyl sites for hydroxylation is 1. The second-order valence-electron chi connectivity index (χ2n) is 5.65. The number of anilines is 1. The van der Waals surface area contributed by atoms with E-state index in [0.29, 0.717) is 5.82 Å². The number of aromatic nitrogens is 4. The topological polar surface area (TPSA) is 84.1 Å². The molecule has 2 aromatic heterocycles. The maximum Gasteiger partial charge on any atom is 0.394 e. The van der Waals surface area contributed by atoms with E-state index in [1.165, 1.54) is 15.6 Å². The highest BCUT2D eigenvalue weighted by Crippen LogP contribution is 2.38. The predicted octanol–water partition coefficient (Wildman–Crippen LogP) is 1.67. The van der Waals surface area contributed by atoms with E-state index in [4.69, 9.17) is 5.11 Å². The number of carboxylic acid groups (broad SMARTS) is 1. The van der Waals surface area contributed by atoms with Crippen molar-refractivity contribution in [2.24, 2.45) is 11.8 Å². The molecule has 2 aromatic rings. The Balaban J connectivity index is 1.81. The van der Waals surface area contributed by atoms with Crippen LogP contribution >= 0.6 is 0 Å². The van der Waals surface area contributed by atoms with E-state index in [-0.39, 0.29) is 12.4 Å². The van der Waals surface area contributed by atoms with Crippen LogP contribution in [0.25, 0.3) is 5.82 Å². The lowest BCUT2D eigenvalue weighted by Crippen LogP contribution is -2.33. The maximum absolute atomic E-state index is 13.0. The number of carbonyl (C=O) groups is 1. The minimum atomic E-state index is -4.57. The second-order valence-corrected chi connectivity index (χ2v) is 5.65. The van der Waals surface area contributed by atoms with E-state index in [1.807, 2.05) is 6.92 Å². The summed E-state index contributed by atoms with van der Waals surface area (Å²) in [6.07, 6.45) is -2.88. The Morgan fingerprint density at radius 1 is 1.21 bits per heavy atom. The molecule has 3 rings (SSSR count). The fraction of sp³-hybridized carbons (Fsp3) is 0.429. The number of aliphatic carboxylic acids is 1. The van der Waals surface area contributed by atoms with Crippen LogP contribution in [-0.2, 0) is 4.79 Å². The lowest BCUT2D eigenvalue weighted by atomic mass is 9.96. The summed E-state index contributed by atoms with van der Waals surface area (Å²) in [7, 11) is 0. The van der Waals surface area contributed by atoms with Gasteiger partial charge in [0, 0.05) is 19.3 Å². The molecule has 0 saturated carbocycles. The highest BCUT2D eigenvalue weighted by molar-refractivity contribution is 5.72. The van der Waals surface area contributed by atoms with E-state index in [9.17, 15) is 18.0 Å². The van der Waals surface area contributed by atoms with Crippen LogP contribution in [0, 0.1) is 18.8 Å². The third-order valence-corrected chi connectivity index (χ3v) is 3.98. The fourth-order valence-corrected chi connectivity index (χ4v) is 2.72. The summed E-state index contributed by atoms with van der Waals surface area (Å²) in [6.45, 7) is 1.11. The fourth-order valence-electron chi connectivity index (χ4n) is 2.72. The van der Waals surface area contributed by atoms with Crippen molar-refractivity contribution in [3.63, 3.8) is 0 Å². The molecular weight excluding hydrogens is 327 g/mol. The van der Waals surface area contributed by atoms with Crippen molar-refractivity contribution < 1.29 is 23.1 Å². The average molecular weight is 341 g/mol. The second kappa shape index (κ2) is 5.77. The molecule has 0 bridgehead atoms. The quantitative estimate of drug-likeness (QED) is 0.914. The molecule has 1 saturated heterocycles. The first-order valence-electron chi connectivity index (χ1n) is 7.16. The van der Waals surface area contributed by atoms with Crippen LogP contribution in [-0.4, -0.2) is 50.3 Å². The Morgan fingerprint density at radius 2 is 1.88 bits per heavy atom. The number of hydrogen-bond donors (Lipinski definition) is 1. The van der Waals surface area contributed by atoms with E-state index in [1.54, 1.807) is 18.3 Å². The molecule has 0 aliphatic carbocycles. The van der Waals surface area contributed by atoms with Crippen LogP contribution in [0.1, 0.15) is 5.69 Å². The van der Waals surface area contributed by atoms with Gasteiger partial charge >= 0.3 is 12.1 Å². The summed E-state index contributed by atoms with van der Waals surface area (Å²) < 4.78 is 40.5. The molecule has 0 spiro atoms. The van der Waals surface area contributed by atoms with Gasteiger partial charge in [-0.15, -0.1) is 10.2 Å². The highest BCUT2D eigenvalue weighted by Gasteiger charge is 2.52. The molecule has 0 radical (unpaired) electrons. The predicted molar refractivity (Wildman–Crippen MR) is 76.8 cm³/mol. The smallest absolute Gasteiger partial charge is 0.394 e. The minimum absolute atomic E-state index is 0.209. The number of nitrogens with zero attached hydrogens (tertiary/aromatic N) is 5. The SMILES string of the molecule is Cc1ccn(-c2ccc(N3C[C@@H](C(F)(F)F)[C@H](C(=O)O)C3)nn2)n1. The van der Waals surface area contributed by atoms with Crippen molar-refractivity contribution in [1.82, 2.24) is 20.0 Å². The Kier molecular flexibility index (Phi) is 3.90. The van der Waals surface area contributed by atoms with Crippen molar-refractivity contribution >= 4 is 11.8 Å². The van der Waals surface area contributed by atoms with Crippen molar-refractivity contribution in [1.29, 1.82) is 0 Å². The van der Waals surface area contributed by atoms with Crippen LogP contribution in [0.2, 0.25) is 0 Å². The van der Waals surface area contributed by atoms with Gasteiger partial charge in [-0.25, -0.2) is 4.68 Å². The number of carboxylic acids is 1. The van der Waals surface area contributed by atoms with E-state index in [0.717, 1.165) is 5.69 Å². The largest absolute Gasteiger partial charge is 0.481 e. The zero-order valence-corrected chi connectivity index (χ0v) is 12.6. The molecule has 1 N–H and O–H groups in total. The Morgan fingerprint density at radius 3 is 2.33 bits per heavy atom. The molecule has 1 aliphatic heterocycles. The molecule has 7 nitrogen and oxygen atoms in total. The lowest BCUT2D eigenvalue weighted by molar-refractivity contribution is -0.187. The van der Waals surface area contributed by atoms with E-state index in [2.05, 4.69) is 15.3 Å². The number of rotatable bonds is 3. The third-order valence-electron chi connectivity index (χ3n) is 3.98. The van der Waals surface area contributed by atoms with Crippen molar-refractivity contribution in [3.05, 3.63) is 30.1 Å². The van der Waals surface area contributed by atoms with Gasteiger partial charge in [-0.1, -0.05) is 0 Å². The first-order valence-corrected chi connectivity index (χ1v) is 7.16. The Bertz CT molecular complexity index is 744. The Hall–Kier alpha value is -2.65. The third kappa shape index (κ3) is 3.03. The zero-order valence-electron chi connectivity index (χ0n) is 12.6. The summed E-state index contributed by atoms with van der Waals surface area (Å²) in [5.41, 5.74) is 0.790. The van der Waals surface area contributed by atoms with Crippen molar-refractivity contribution in [3.8, 4) is 5.82 Å². The summed E-state index contributed by atoms with van der Waals surface area (Å²) in [5.74, 6) is -4.27. The van der Waals surface area contributed by atoms with Crippen molar-refractivity contribution in [2.45, 2.75) is 13.1 Å². The molecule has 0 aromatic carbocycles. The number of alkyl halides is 3. The standard InChI is InChI=1S/C14H14F3N5O2/c1-8-4-5-22(20-8)12-3-2-11(18-19-12)21-6-9(13(23)24)10(7-21)14(15,16)17/h2-5,9-10H,6-7H2,1H3,(H,23,24)/t9-,10-/m1/s1. The molecule has 0 unspecified atom stereocenters. The number of hydrogen-bond acceptors (Lipinski definition) is 5. The molecule has 128 valence electrons. The van der Waals surface area contributed by atoms with Gasteiger partial charge in [0.1, 0.15) is 0 Å². The maximum atomic E-state index is 13.0. The summed E-state index contributed by atoms with van der Waals surface area (Å²) in [4.78, 5) is 12.4. The Labute approximate surface area is 134 Å². The van der Waals surface area contributed by atoms with E-state index < -0.39 is 30.5 Å². The van der Waals surface area contributed by atoms with Crippen LogP contribution in [0.5, 0.6) is 0 Å².